The van der Waals surface area contributed by atoms with Crippen LogP contribution in [0.25, 0.3) is 0 Å². The van der Waals surface area contributed by atoms with E-state index in [-0.39, 0.29) is 11.9 Å². The monoisotopic (exact) mass is 223 g/mol. The molecule has 1 aromatic rings. The van der Waals surface area contributed by atoms with Crippen molar-refractivity contribution in [3.63, 3.8) is 0 Å². The summed E-state index contributed by atoms with van der Waals surface area (Å²) in [6.07, 6.45) is 3.14. The van der Waals surface area contributed by atoms with Gasteiger partial charge in [0.2, 0.25) is 0 Å². The van der Waals surface area contributed by atoms with E-state index in [1.807, 2.05) is 4.90 Å². The van der Waals surface area contributed by atoms with Crippen molar-refractivity contribution in [1.29, 1.82) is 0 Å². The molecule has 16 heavy (non-hydrogen) atoms. The molecule has 0 amide bonds. The molecule has 86 valence electrons. The Labute approximate surface area is 93.5 Å². The van der Waals surface area contributed by atoms with Gasteiger partial charge in [-0.2, -0.15) is 4.91 Å². The Morgan fingerprint density at radius 2 is 2.19 bits per heavy atom. The van der Waals surface area contributed by atoms with Crippen LogP contribution >= 0.6 is 0 Å². The lowest BCUT2D eigenvalue weighted by atomic mass is 10.1. The molecule has 0 unspecified atom stereocenters. The lowest BCUT2D eigenvalue weighted by Gasteiger charge is -2.30. The van der Waals surface area contributed by atoms with Gasteiger partial charge in [0.1, 0.15) is 5.82 Å². The van der Waals surface area contributed by atoms with E-state index in [9.17, 15) is 9.30 Å². The van der Waals surface area contributed by atoms with Crippen molar-refractivity contribution in [2.75, 3.05) is 18.0 Å². The highest BCUT2D eigenvalue weighted by atomic mass is 19.1. The summed E-state index contributed by atoms with van der Waals surface area (Å²) < 4.78 is 13.3. The number of rotatable bonds is 2. The van der Waals surface area contributed by atoms with E-state index in [0.717, 1.165) is 31.6 Å². The molecule has 0 N–H and O–H groups in total. The van der Waals surface area contributed by atoms with Gasteiger partial charge < -0.3 is 4.90 Å². The van der Waals surface area contributed by atoms with Crippen LogP contribution in [0.3, 0.4) is 0 Å². The number of piperidine rings is 1. The molecule has 1 aromatic heterocycles. The van der Waals surface area contributed by atoms with E-state index in [0.29, 0.717) is 5.69 Å². The number of nitrogens with zero attached hydrogens (tertiary/aromatic N) is 3. The molecule has 0 atom stereocenters. The molecule has 0 bridgehead atoms. The van der Waals surface area contributed by atoms with Crippen LogP contribution < -0.4 is 4.90 Å². The molecule has 2 heterocycles. The van der Waals surface area contributed by atoms with Gasteiger partial charge in [-0.1, -0.05) is 5.18 Å². The van der Waals surface area contributed by atoms with Crippen LogP contribution in [0, 0.1) is 17.6 Å². The third kappa shape index (κ3) is 2.18. The standard InChI is InChI=1S/C11H14FN3O/c1-8-11(12)6-10(7-13-8)15-4-2-9(14-16)3-5-15/h6-7,9H,2-5H2,1H3. The summed E-state index contributed by atoms with van der Waals surface area (Å²) in [7, 11) is 0. The average Bonchev–Trinajstić information content (AvgIpc) is 2.33. The maximum absolute atomic E-state index is 13.3. The van der Waals surface area contributed by atoms with Gasteiger partial charge in [-0.3, -0.25) is 4.98 Å². The second-order valence-electron chi connectivity index (χ2n) is 4.08. The fourth-order valence-electron chi connectivity index (χ4n) is 1.90. The van der Waals surface area contributed by atoms with Crippen molar-refractivity contribution in [3.05, 3.63) is 28.7 Å². The maximum atomic E-state index is 13.3. The van der Waals surface area contributed by atoms with Gasteiger partial charge in [-0.15, -0.1) is 0 Å². The summed E-state index contributed by atoms with van der Waals surface area (Å²) in [4.78, 5) is 16.4. The smallest absolute Gasteiger partial charge is 0.146 e. The van der Waals surface area contributed by atoms with Gasteiger partial charge in [0.15, 0.2) is 0 Å². The van der Waals surface area contributed by atoms with Crippen LogP contribution in [0.1, 0.15) is 18.5 Å². The van der Waals surface area contributed by atoms with Gasteiger partial charge >= 0.3 is 0 Å². The molecule has 2 rings (SSSR count). The minimum atomic E-state index is -0.284. The fraction of sp³-hybridized carbons (Fsp3) is 0.545. The molecule has 1 aliphatic heterocycles. The number of hydrogen-bond acceptors (Lipinski definition) is 4. The van der Waals surface area contributed by atoms with Gasteiger partial charge in [0, 0.05) is 19.2 Å². The lowest BCUT2D eigenvalue weighted by molar-refractivity contribution is 0.499. The first-order valence-electron chi connectivity index (χ1n) is 5.40. The Morgan fingerprint density at radius 1 is 1.50 bits per heavy atom. The van der Waals surface area contributed by atoms with E-state index >= 15 is 0 Å². The molecule has 5 heteroatoms. The second-order valence-corrected chi connectivity index (χ2v) is 4.08. The summed E-state index contributed by atoms with van der Waals surface area (Å²) >= 11 is 0. The van der Waals surface area contributed by atoms with E-state index < -0.39 is 0 Å². The highest BCUT2D eigenvalue weighted by molar-refractivity contribution is 5.45. The van der Waals surface area contributed by atoms with E-state index in [1.165, 1.54) is 6.07 Å². The minimum Gasteiger partial charge on any atom is -0.370 e. The molecule has 1 fully saturated rings. The number of pyridine rings is 1. The summed E-state index contributed by atoms with van der Waals surface area (Å²) in [5.74, 6) is -0.284. The van der Waals surface area contributed by atoms with Crippen molar-refractivity contribution >= 4 is 5.69 Å². The highest BCUT2D eigenvalue weighted by Crippen LogP contribution is 2.21. The molecular formula is C11H14FN3O. The number of nitroso groups, excluding NO2 is 1. The molecule has 1 saturated heterocycles. The highest BCUT2D eigenvalue weighted by Gasteiger charge is 2.20. The number of hydrogen-bond donors (Lipinski definition) is 0. The van der Waals surface area contributed by atoms with Crippen molar-refractivity contribution in [3.8, 4) is 0 Å². The Morgan fingerprint density at radius 3 is 2.75 bits per heavy atom. The molecule has 0 aliphatic carbocycles. The molecule has 0 radical (unpaired) electrons. The van der Waals surface area contributed by atoms with E-state index in [1.54, 1.807) is 13.1 Å². The number of aryl methyl sites for hydroxylation is 1. The van der Waals surface area contributed by atoms with E-state index in [2.05, 4.69) is 10.2 Å². The quantitative estimate of drug-likeness (QED) is 0.722. The predicted octanol–water partition coefficient (Wildman–Crippen LogP) is 2.26. The Hall–Kier alpha value is -1.52. The van der Waals surface area contributed by atoms with Crippen molar-refractivity contribution in [2.24, 2.45) is 5.18 Å². The van der Waals surface area contributed by atoms with Crippen LogP contribution in [0.5, 0.6) is 0 Å². The third-order valence-corrected chi connectivity index (χ3v) is 2.99. The van der Waals surface area contributed by atoms with Crippen LogP contribution in [-0.4, -0.2) is 24.1 Å². The summed E-state index contributed by atoms with van der Waals surface area (Å²) in [5.41, 5.74) is 1.20. The SMILES string of the molecule is Cc1ncc(N2CCC(N=O)CC2)cc1F. The zero-order valence-corrected chi connectivity index (χ0v) is 9.19. The van der Waals surface area contributed by atoms with Crippen LogP contribution in [0.4, 0.5) is 10.1 Å². The molecule has 0 aromatic carbocycles. The largest absolute Gasteiger partial charge is 0.370 e. The predicted molar refractivity (Wildman–Crippen MR) is 60.0 cm³/mol. The van der Waals surface area contributed by atoms with Gasteiger partial charge in [-0.25, -0.2) is 4.39 Å². The number of anilines is 1. The van der Waals surface area contributed by atoms with Gasteiger partial charge in [0.05, 0.1) is 23.6 Å². The van der Waals surface area contributed by atoms with Crippen molar-refractivity contribution in [2.45, 2.75) is 25.8 Å². The summed E-state index contributed by atoms with van der Waals surface area (Å²) in [5, 5.41) is 3.04. The zero-order valence-electron chi connectivity index (χ0n) is 9.19. The summed E-state index contributed by atoms with van der Waals surface area (Å²) in [6, 6.07) is 1.41. The zero-order chi connectivity index (χ0) is 11.5. The van der Waals surface area contributed by atoms with Crippen molar-refractivity contribution < 1.29 is 4.39 Å². The number of aromatic nitrogens is 1. The molecule has 0 saturated carbocycles. The van der Waals surface area contributed by atoms with Crippen LogP contribution in [0.15, 0.2) is 17.4 Å². The third-order valence-electron chi connectivity index (χ3n) is 2.99. The Balaban J connectivity index is 2.08. The normalized spacial score (nSPS) is 17.5. The first kappa shape index (κ1) is 11.0. The second kappa shape index (κ2) is 4.55. The molecule has 0 spiro atoms. The molecule has 1 aliphatic rings. The van der Waals surface area contributed by atoms with Gasteiger partial charge in [-0.05, 0) is 19.8 Å². The molecule has 4 nitrogen and oxygen atoms in total. The summed E-state index contributed by atoms with van der Waals surface area (Å²) in [6.45, 7) is 3.11. The topological polar surface area (TPSA) is 45.6 Å². The Bertz CT molecular complexity index is 389. The fourth-order valence-corrected chi connectivity index (χ4v) is 1.90. The molecular weight excluding hydrogens is 209 g/mol. The first-order valence-corrected chi connectivity index (χ1v) is 5.40. The Kier molecular flexibility index (Phi) is 3.12. The minimum absolute atomic E-state index is 0.0838. The van der Waals surface area contributed by atoms with Crippen molar-refractivity contribution in [1.82, 2.24) is 4.98 Å². The van der Waals surface area contributed by atoms with Crippen LogP contribution in [-0.2, 0) is 0 Å². The lowest BCUT2D eigenvalue weighted by Crippen LogP contribution is -2.35. The average molecular weight is 223 g/mol. The number of halogens is 1. The van der Waals surface area contributed by atoms with Gasteiger partial charge in [0.25, 0.3) is 0 Å². The van der Waals surface area contributed by atoms with E-state index in [4.69, 9.17) is 0 Å². The maximum Gasteiger partial charge on any atom is 0.146 e. The van der Waals surface area contributed by atoms with Crippen LogP contribution in [0.2, 0.25) is 0 Å². The first-order chi connectivity index (χ1) is 7.70.